The molecular formula is C17H19F3N2O3. The summed E-state index contributed by atoms with van der Waals surface area (Å²) in [4.78, 5) is 24.4. The van der Waals surface area contributed by atoms with Gasteiger partial charge in [0.05, 0.1) is 11.8 Å². The van der Waals surface area contributed by atoms with Crippen LogP contribution in [-0.2, 0) is 17.6 Å². The van der Waals surface area contributed by atoms with Crippen molar-refractivity contribution >= 4 is 12.0 Å². The van der Waals surface area contributed by atoms with E-state index >= 15 is 0 Å². The van der Waals surface area contributed by atoms with Gasteiger partial charge in [-0.25, -0.2) is 4.79 Å². The zero-order chi connectivity index (χ0) is 18.2. The second-order valence-electron chi connectivity index (χ2n) is 6.66. The standard InChI is InChI=1S/C17H19F3N2O3/c18-17(19,20)14-9-22(8-13(14)15(23)24)16(25)21-12-6-5-10-3-1-2-4-11(10)7-12/h1-4,12-14H,5-9H2,(H,21,25)(H,23,24)/t12?,13-,14-/m1/s1. The van der Waals surface area contributed by atoms with E-state index in [0.29, 0.717) is 12.8 Å². The molecule has 1 aromatic carbocycles. The molecule has 1 saturated heterocycles. The average Bonchev–Trinajstić information content (AvgIpc) is 3.01. The zero-order valence-electron chi connectivity index (χ0n) is 13.4. The number of carbonyl (C=O) groups is 2. The number of aliphatic carboxylic acids is 1. The van der Waals surface area contributed by atoms with Gasteiger partial charge in [-0.15, -0.1) is 0 Å². The first-order valence-corrected chi connectivity index (χ1v) is 8.17. The first-order valence-electron chi connectivity index (χ1n) is 8.17. The molecular weight excluding hydrogens is 337 g/mol. The third kappa shape index (κ3) is 3.72. The van der Waals surface area contributed by atoms with Gasteiger partial charge in [0.25, 0.3) is 0 Å². The van der Waals surface area contributed by atoms with Crippen molar-refractivity contribution in [3.8, 4) is 0 Å². The number of aryl methyl sites for hydroxylation is 1. The highest BCUT2D eigenvalue weighted by Crippen LogP contribution is 2.37. The van der Waals surface area contributed by atoms with Gasteiger partial charge in [0.1, 0.15) is 0 Å². The van der Waals surface area contributed by atoms with Crippen LogP contribution in [0.4, 0.5) is 18.0 Å². The first-order chi connectivity index (χ1) is 11.8. The minimum absolute atomic E-state index is 0.157. The number of alkyl halides is 3. The summed E-state index contributed by atoms with van der Waals surface area (Å²) >= 11 is 0. The van der Waals surface area contributed by atoms with Gasteiger partial charge in [-0.3, -0.25) is 4.79 Å². The van der Waals surface area contributed by atoms with E-state index in [9.17, 15) is 22.8 Å². The summed E-state index contributed by atoms with van der Waals surface area (Å²) in [5.74, 6) is -5.16. The van der Waals surface area contributed by atoms with Crippen molar-refractivity contribution in [2.24, 2.45) is 11.8 Å². The smallest absolute Gasteiger partial charge is 0.394 e. The van der Waals surface area contributed by atoms with E-state index < -0.39 is 43.1 Å². The van der Waals surface area contributed by atoms with Crippen molar-refractivity contribution < 1.29 is 27.9 Å². The summed E-state index contributed by atoms with van der Waals surface area (Å²) in [5.41, 5.74) is 2.34. The minimum Gasteiger partial charge on any atom is -0.481 e. The molecule has 0 bridgehead atoms. The Bertz CT molecular complexity index is 677. The predicted octanol–water partition coefficient (Wildman–Crippen LogP) is 2.45. The molecule has 0 saturated carbocycles. The maximum absolute atomic E-state index is 13.0. The number of urea groups is 1. The van der Waals surface area contributed by atoms with Gasteiger partial charge >= 0.3 is 18.2 Å². The molecule has 1 aliphatic heterocycles. The van der Waals surface area contributed by atoms with Crippen LogP contribution in [0, 0.1) is 11.8 Å². The summed E-state index contributed by atoms with van der Waals surface area (Å²) in [6.45, 7) is -1.04. The third-order valence-corrected chi connectivity index (χ3v) is 5.02. The number of carboxylic acids is 1. The van der Waals surface area contributed by atoms with E-state index in [1.165, 1.54) is 5.56 Å². The van der Waals surface area contributed by atoms with Gasteiger partial charge in [-0.05, 0) is 30.4 Å². The monoisotopic (exact) mass is 356 g/mol. The molecule has 8 heteroatoms. The summed E-state index contributed by atoms with van der Waals surface area (Å²) < 4.78 is 39.0. The normalized spacial score (nSPS) is 26.2. The fourth-order valence-electron chi connectivity index (χ4n) is 3.64. The number of likely N-dealkylation sites (tertiary alicyclic amines) is 1. The summed E-state index contributed by atoms with van der Waals surface area (Å²) in [6.07, 6.45) is -2.51. The molecule has 3 rings (SSSR count). The molecule has 1 unspecified atom stereocenters. The summed E-state index contributed by atoms with van der Waals surface area (Å²) in [6, 6.07) is 7.08. The van der Waals surface area contributed by atoms with Crippen LogP contribution in [0.25, 0.3) is 0 Å². The van der Waals surface area contributed by atoms with E-state index in [-0.39, 0.29) is 6.04 Å². The van der Waals surface area contributed by atoms with Gasteiger partial charge in [0.2, 0.25) is 0 Å². The number of halogens is 3. The van der Waals surface area contributed by atoms with Crippen molar-refractivity contribution in [1.82, 2.24) is 10.2 Å². The topological polar surface area (TPSA) is 69.6 Å². The molecule has 5 nitrogen and oxygen atoms in total. The number of carboxylic acid groups (broad SMARTS) is 1. The molecule has 1 fully saturated rings. The quantitative estimate of drug-likeness (QED) is 0.855. The molecule has 0 aromatic heterocycles. The van der Waals surface area contributed by atoms with E-state index in [1.54, 1.807) is 0 Å². The van der Waals surface area contributed by atoms with Gasteiger partial charge < -0.3 is 15.3 Å². The average molecular weight is 356 g/mol. The number of hydrogen-bond donors (Lipinski definition) is 2. The highest BCUT2D eigenvalue weighted by atomic mass is 19.4. The van der Waals surface area contributed by atoms with Gasteiger partial charge in [-0.2, -0.15) is 13.2 Å². The molecule has 1 aromatic rings. The lowest BCUT2D eigenvalue weighted by atomic mass is 9.88. The van der Waals surface area contributed by atoms with Crippen molar-refractivity contribution in [3.63, 3.8) is 0 Å². The maximum atomic E-state index is 13.0. The molecule has 136 valence electrons. The van der Waals surface area contributed by atoms with Crippen molar-refractivity contribution in [3.05, 3.63) is 35.4 Å². The van der Waals surface area contributed by atoms with Crippen LogP contribution in [0.15, 0.2) is 24.3 Å². The molecule has 2 amide bonds. The van der Waals surface area contributed by atoms with E-state index in [2.05, 4.69) is 5.32 Å². The van der Waals surface area contributed by atoms with Crippen LogP contribution in [0.3, 0.4) is 0 Å². The van der Waals surface area contributed by atoms with Crippen molar-refractivity contribution in [2.45, 2.75) is 31.5 Å². The molecule has 3 atom stereocenters. The third-order valence-electron chi connectivity index (χ3n) is 5.02. The number of hydrogen-bond acceptors (Lipinski definition) is 2. The highest BCUT2D eigenvalue weighted by Gasteiger charge is 2.53. The zero-order valence-corrected chi connectivity index (χ0v) is 13.4. The fourth-order valence-corrected chi connectivity index (χ4v) is 3.64. The molecule has 1 heterocycles. The Kier molecular flexibility index (Phi) is 4.62. The Morgan fingerprint density at radius 2 is 1.84 bits per heavy atom. The minimum atomic E-state index is -4.64. The second-order valence-corrected chi connectivity index (χ2v) is 6.66. The Labute approximate surface area is 142 Å². The molecule has 25 heavy (non-hydrogen) atoms. The molecule has 0 spiro atoms. The molecule has 0 radical (unpaired) electrons. The van der Waals surface area contributed by atoms with Gasteiger partial charge in [0, 0.05) is 19.1 Å². The largest absolute Gasteiger partial charge is 0.481 e. The summed E-state index contributed by atoms with van der Waals surface area (Å²) in [5, 5.41) is 11.8. The second kappa shape index (κ2) is 6.57. The summed E-state index contributed by atoms with van der Waals surface area (Å²) in [7, 11) is 0. The highest BCUT2D eigenvalue weighted by molar-refractivity contribution is 5.78. The van der Waals surface area contributed by atoms with E-state index in [0.717, 1.165) is 16.9 Å². The van der Waals surface area contributed by atoms with Crippen LogP contribution in [0.2, 0.25) is 0 Å². The number of fused-ring (bicyclic) bond motifs is 1. The van der Waals surface area contributed by atoms with E-state index in [1.807, 2.05) is 24.3 Å². The number of amides is 2. The predicted molar refractivity (Wildman–Crippen MR) is 83.0 cm³/mol. The lowest BCUT2D eigenvalue weighted by Gasteiger charge is -2.28. The Morgan fingerprint density at radius 3 is 2.44 bits per heavy atom. The SMILES string of the molecule is O=C(O)[C@@H]1CN(C(=O)NC2CCc3ccccc3C2)C[C@H]1C(F)(F)F. The Hall–Kier alpha value is -2.25. The Morgan fingerprint density at radius 1 is 1.16 bits per heavy atom. The van der Waals surface area contributed by atoms with Gasteiger partial charge in [0.15, 0.2) is 0 Å². The van der Waals surface area contributed by atoms with Crippen LogP contribution >= 0.6 is 0 Å². The molecule has 2 aliphatic rings. The van der Waals surface area contributed by atoms with E-state index in [4.69, 9.17) is 5.11 Å². The Balaban J connectivity index is 1.63. The number of nitrogens with zero attached hydrogens (tertiary/aromatic N) is 1. The van der Waals surface area contributed by atoms with Crippen molar-refractivity contribution in [1.29, 1.82) is 0 Å². The molecule has 2 N–H and O–H groups in total. The number of rotatable bonds is 2. The lowest BCUT2D eigenvalue weighted by molar-refractivity contribution is -0.187. The number of nitrogens with one attached hydrogen (secondary N) is 1. The fraction of sp³-hybridized carbons (Fsp3) is 0.529. The van der Waals surface area contributed by atoms with Crippen LogP contribution in [0.1, 0.15) is 17.5 Å². The van der Waals surface area contributed by atoms with Crippen LogP contribution in [0.5, 0.6) is 0 Å². The van der Waals surface area contributed by atoms with Crippen LogP contribution < -0.4 is 5.32 Å². The maximum Gasteiger partial charge on any atom is 0.394 e. The van der Waals surface area contributed by atoms with Gasteiger partial charge in [-0.1, -0.05) is 24.3 Å². The van der Waals surface area contributed by atoms with Crippen molar-refractivity contribution in [2.75, 3.05) is 13.1 Å². The number of benzene rings is 1. The van der Waals surface area contributed by atoms with Crippen LogP contribution in [-0.4, -0.2) is 47.3 Å². The first kappa shape index (κ1) is 17.6. The number of carbonyl (C=O) groups excluding carboxylic acids is 1. The lowest BCUT2D eigenvalue weighted by Crippen LogP contribution is -2.46. The molecule has 1 aliphatic carbocycles.